The number of benzene rings is 1. The molecule has 8 heteroatoms. The highest BCUT2D eigenvalue weighted by atomic mass is 32.2. The van der Waals surface area contributed by atoms with Crippen LogP contribution in [0.15, 0.2) is 41.1 Å². The van der Waals surface area contributed by atoms with Crippen LogP contribution < -0.4 is 0 Å². The topological polar surface area (TPSA) is 47.7 Å². The maximum absolute atomic E-state index is 12.4. The summed E-state index contributed by atoms with van der Waals surface area (Å²) in [6, 6.07) is 5.08. The second kappa shape index (κ2) is 5.32. The first-order valence-corrected chi connectivity index (χ1v) is 6.23. The van der Waals surface area contributed by atoms with Crippen molar-refractivity contribution in [2.75, 3.05) is 0 Å². The van der Waals surface area contributed by atoms with Gasteiger partial charge in [0.15, 0.2) is 0 Å². The predicted molar refractivity (Wildman–Crippen MR) is 60.2 cm³/mol. The Morgan fingerprint density at radius 2 is 1.84 bits per heavy atom. The summed E-state index contributed by atoms with van der Waals surface area (Å²) in [6.45, 7) is 8.02. The Kier molecular flexibility index (Phi) is 4.21. The quantitative estimate of drug-likeness (QED) is 0.488. The number of rotatable bonds is 3. The molecule has 1 rings (SSSR count). The zero-order valence-electron chi connectivity index (χ0n) is 9.60. The monoisotopic (exact) mass is 291 g/mol. The van der Waals surface area contributed by atoms with Crippen molar-refractivity contribution in [1.82, 2.24) is 0 Å². The number of aryl methyl sites for hydroxylation is 1. The van der Waals surface area contributed by atoms with Gasteiger partial charge < -0.3 is 4.18 Å². The van der Waals surface area contributed by atoms with Gasteiger partial charge in [-0.15, -0.1) is 0 Å². The Labute approximate surface area is 108 Å². The van der Waals surface area contributed by atoms with Crippen molar-refractivity contribution in [3.8, 4) is 0 Å². The molecule has 0 aliphatic carbocycles. The summed E-state index contributed by atoms with van der Waals surface area (Å²) in [4.78, 5) is 1.95. The van der Waals surface area contributed by atoms with Gasteiger partial charge in [0.25, 0.3) is 0 Å². The molecule has 0 aromatic heterocycles. The van der Waals surface area contributed by atoms with Crippen molar-refractivity contribution in [3.63, 3.8) is 0 Å². The van der Waals surface area contributed by atoms with Crippen LogP contribution in [0, 0.1) is 13.5 Å². The van der Waals surface area contributed by atoms with Gasteiger partial charge in [0.2, 0.25) is 12.0 Å². The van der Waals surface area contributed by atoms with Gasteiger partial charge in [0.05, 0.1) is 6.57 Å². The molecule has 0 atom stereocenters. The first-order valence-electron chi connectivity index (χ1n) is 4.82. The summed E-state index contributed by atoms with van der Waals surface area (Å²) in [6.07, 6.45) is -5.08. The molecule has 1 aromatic carbocycles. The molecule has 0 unspecified atom stereocenters. The van der Waals surface area contributed by atoms with Gasteiger partial charge in [-0.1, -0.05) is 17.7 Å². The van der Waals surface area contributed by atoms with Crippen LogP contribution in [0.2, 0.25) is 0 Å². The molecule has 0 bridgehead atoms. The number of alkyl halides is 3. The number of nitrogens with zero attached hydrogens (tertiary/aromatic N) is 1. The first-order chi connectivity index (χ1) is 8.66. The molecule has 102 valence electrons. The molecule has 0 N–H and O–H groups in total. The number of halogens is 3. The van der Waals surface area contributed by atoms with Crippen LogP contribution in [0.4, 0.5) is 13.2 Å². The first kappa shape index (κ1) is 15.0. The molecule has 4 nitrogen and oxygen atoms in total. The van der Waals surface area contributed by atoms with Crippen LogP contribution in [0.5, 0.6) is 0 Å². The smallest absolute Gasteiger partial charge is 0.386 e. The maximum atomic E-state index is 12.4. The van der Waals surface area contributed by atoms with E-state index < -0.39 is 26.9 Å². The fourth-order valence-corrected chi connectivity index (χ4v) is 2.01. The summed E-state index contributed by atoms with van der Waals surface area (Å²) < 4.78 is 64.4. The van der Waals surface area contributed by atoms with E-state index in [4.69, 9.17) is 6.57 Å². The number of hydrogen-bond donors (Lipinski definition) is 0. The summed E-state index contributed by atoms with van der Waals surface area (Å²) in [5.74, 6) is -1.87. The lowest BCUT2D eigenvalue weighted by Gasteiger charge is -2.12. The fraction of sp³-hybridized carbons (Fsp3) is 0.182. The third kappa shape index (κ3) is 3.99. The Bertz CT molecular complexity index is 625. The average molecular weight is 291 g/mol. The SMILES string of the molecule is [C-]#[N+]C=C(OS(=O)(=O)c1ccc(C)cc1)C(F)(F)F. The molecule has 0 spiro atoms. The van der Waals surface area contributed by atoms with E-state index in [9.17, 15) is 21.6 Å². The van der Waals surface area contributed by atoms with Crippen molar-refractivity contribution in [3.05, 3.63) is 53.2 Å². The second-order valence-corrected chi connectivity index (χ2v) is 5.02. The molecule has 0 heterocycles. The predicted octanol–water partition coefficient (Wildman–Crippen LogP) is 3.02. The lowest BCUT2D eigenvalue weighted by molar-refractivity contribution is -0.115. The van der Waals surface area contributed by atoms with E-state index >= 15 is 0 Å². The Hall–Kier alpha value is -2.01. The molecular weight excluding hydrogens is 283 g/mol. The minimum Gasteiger partial charge on any atom is -0.386 e. The molecule has 0 radical (unpaired) electrons. The molecule has 0 aliphatic rings. The molecule has 0 aliphatic heterocycles. The molecule has 0 fully saturated rings. The van der Waals surface area contributed by atoms with Gasteiger partial charge >= 0.3 is 16.3 Å². The van der Waals surface area contributed by atoms with Crippen LogP contribution in [0.1, 0.15) is 5.56 Å². The van der Waals surface area contributed by atoms with Crippen molar-refractivity contribution in [1.29, 1.82) is 0 Å². The van der Waals surface area contributed by atoms with E-state index in [0.29, 0.717) is 0 Å². The molecule has 19 heavy (non-hydrogen) atoms. The van der Waals surface area contributed by atoms with Crippen LogP contribution in [0.3, 0.4) is 0 Å². The van der Waals surface area contributed by atoms with Crippen LogP contribution in [-0.2, 0) is 14.3 Å². The van der Waals surface area contributed by atoms with E-state index in [1.807, 2.05) is 0 Å². The van der Waals surface area contributed by atoms with Crippen LogP contribution in [-0.4, -0.2) is 14.6 Å². The third-order valence-corrected chi connectivity index (χ3v) is 3.22. The highest BCUT2D eigenvalue weighted by Crippen LogP contribution is 2.29. The molecule has 1 aromatic rings. The summed E-state index contributed by atoms with van der Waals surface area (Å²) in [7, 11) is -4.61. The normalized spacial score (nSPS) is 12.9. The molecular formula is C11H8F3NO3S. The van der Waals surface area contributed by atoms with Crippen LogP contribution in [0.25, 0.3) is 4.85 Å². The van der Waals surface area contributed by atoms with Gasteiger partial charge in [0, 0.05) is 0 Å². The van der Waals surface area contributed by atoms with E-state index in [2.05, 4.69) is 9.03 Å². The van der Waals surface area contributed by atoms with E-state index in [-0.39, 0.29) is 6.20 Å². The summed E-state index contributed by atoms with van der Waals surface area (Å²) in [5, 5.41) is 0. The van der Waals surface area contributed by atoms with Gasteiger partial charge in [-0.25, -0.2) is 4.85 Å². The lowest BCUT2D eigenvalue weighted by Crippen LogP contribution is -2.18. The van der Waals surface area contributed by atoms with Gasteiger partial charge in [-0.05, 0) is 19.1 Å². The minimum absolute atomic E-state index is 0.0221. The second-order valence-electron chi connectivity index (χ2n) is 3.47. The minimum atomic E-state index is -5.05. The van der Waals surface area contributed by atoms with E-state index in [1.165, 1.54) is 12.1 Å². The zero-order valence-corrected chi connectivity index (χ0v) is 10.4. The zero-order chi connectivity index (χ0) is 14.7. The highest BCUT2D eigenvalue weighted by molar-refractivity contribution is 7.86. The lowest BCUT2D eigenvalue weighted by atomic mass is 10.2. The summed E-state index contributed by atoms with van der Waals surface area (Å²) >= 11 is 0. The van der Waals surface area contributed by atoms with Crippen molar-refractivity contribution < 1.29 is 25.8 Å². The van der Waals surface area contributed by atoms with Gasteiger partial charge in [-0.2, -0.15) is 21.6 Å². The standard InChI is InChI=1S/C11H8F3NO3S/c1-8-3-5-9(6-4-8)19(16,17)18-10(7-15-2)11(12,13)14/h3-7H,1H3. The Morgan fingerprint density at radius 3 is 2.26 bits per heavy atom. The number of hydrogen-bond acceptors (Lipinski definition) is 3. The fourth-order valence-electron chi connectivity index (χ4n) is 1.07. The highest BCUT2D eigenvalue weighted by Gasteiger charge is 2.39. The molecule has 0 saturated carbocycles. The third-order valence-electron chi connectivity index (χ3n) is 1.97. The summed E-state index contributed by atoms with van der Waals surface area (Å²) in [5.41, 5.74) is 0.742. The van der Waals surface area contributed by atoms with Gasteiger partial charge in [0.1, 0.15) is 4.90 Å². The molecule has 0 saturated heterocycles. The van der Waals surface area contributed by atoms with Crippen molar-refractivity contribution in [2.45, 2.75) is 18.0 Å². The van der Waals surface area contributed by atoms with Gasteiger partial charge in [-0.3, -0.25) is 0 Å². The largest absolute Gasteiger partial charge is 0.439 e. The van der Waals surface area contributed by atoms with Crippen molar-refractivity contribution in [2.24, 2.45) is 0 Å². The average Bonchev–Trinajstić information content (AvgIpc) is 2.27. The van der Waals surface area contributed by atoms with E-state index in [0.717, 1.165) is 17.7 Å². The van der Waals surface area contributed by atoms with Crippen LogP contribution >= 0.6 is 0 Å². The van der Waals surface area contributed by atoms with E-state index in [1.54, 1.807) is 6.92 Å². The van der Waals surface area contributed by atoms with Crippen molar-refractivity contribution >= 4 is 10.1 Å². The Morgan fingerprint density at radius 1 is 1.32 bits per heavy atom. The Balaban J connectivity index is 3.13. The number of allylic oxidation sites excluding steroid dienone is 1. The maximum Gasteiger partial charge on any atom is 0.439 e. The molecule has 0 amide bonds.